The molecule has 3 N–H and O–H groups in total. The SMILES string of the molecule is CC(CCn1ccc(-c2ccc3cc(CO)ccc3c2)cc1=O)(C(=O)NO)S(C)(=O)=O. The third-order valence-electron chi connectivity index (χ3n) is 5.65. The van der Waals surface area contributed by atoms with E-state index in [9.17, 15) is 23.1 Å². The van der Waals surface area contributed by atoms with Crippen LogP contribution in [0, 0.1) is 0 Å². The van der Waals surface area contributed by atoms with Crippen molar-refractivity contribution in [1.82, 2.24) is 10.0 Å². The third-order valence-corrected chi connectivity index (χ3v) is 7.67. The number of fused-ring (bicyclic) bond motifs is 1. The summed E-state index contributed by atoms with van der Waals surface area (Å²) in [7, 11) is -3.84. The second-order valence-electron chi connectivity index (χ2n) is 7.70. The van der Waals surface area contributed by atoms with E-state index in [1.807, 2.05) is 36.4 Å². The van der Waals surface area contributed by atoms with Gasteiger partial charge in [0.15, 0.2) is 14.6 Å². The third kappa shape index (κ3) is 4.53. The van der Waals surface area contributed by atoms with Gasteiger partial charge in [0.25, 0.3) is 11.5 Å². The molecule has 0 aliphatic carbocycles. The molecule has 0 saturated heterocycles. The second-order valence-corrected chi connectivity index (χ2v) is 10.1. The first-order valence-electron chi connectivity index (χ1n) is 9.57. The number of hydrogen-bond acceptors (Lipinski definition) is 6. The topological polar surface area (TPSA) is 126 Å². The predicted octanol–water partition coefficient (Wildman–Crippen LogP) is 1.86. The molecular formula is C22H24N2O6S. The van der Waals surface area contributed by atoms with Crippen LogP contribution in [0.1, 0.15) is 18.9 Å². The van der Waals surface area contributed by atoms with Crippen molar-refractivity contribution in [2.75, 3.05) is 6.26 Å². The molecule has 0 aliphatic rings. The lowest BCUT2D eigenvalue weighted by atomic mass is 10.0. The number of nitrogens with zero attached hydrogens (tertiary/aromatic N) is 1. The Morgan fingerprint density at radius 1 is 1.06 bits per heavy atom. The number of aliphatic hydroxyl groups excluding tert-OH is 1. The van der Waals surface area contributed by atoms with Crippen LogP contribution in [-0.2, 0) is 27.8 Å². The summed E-state index contributed by atoms with van der Waals surface area (Å²) in [5.41, 5.74) is 3.42. The number of carbonyl (C=O) groups excluding carboxylic acids is 1. The highest BCUT2D eigenvalue weighted by molar-refractivity contribution is 7.92. The molecule has 0 aliphatic heterocycles. The van der Waals surface area contributed by atoms with Gasteiger partial charge in [0.05, 0.1) is 6.61 Å². The van der Waals surface area contributed by atoms with Gasteiger partial charge in [0, 0.05) is 25.1 Å². The minimum Gasteiger partial charge on any atom is -0.392 e. The molecule has 1 unspecified atom stereocenters. The maximum Gasteiger partial charge on any atom is 0.264 e. The molecule has 1 aromatic heterocycles. The lowest BCUT2D eigenvalue weighted by Crippen LogP contribution is -2.49. The molecule has 1 heterocycles. The molecule has 31 heavy (non-hydrogen) atoms. The molecule has 0 fully saturated rings. The van der Waals surface area contributed by atoms with Crippen molar-refractivity contribution in [1.29, 1.82) is 0 Å². The van der Waals surface area contributed by atoms with Crippen LogP contribution >= 0.6 is 0 Å². The van der Waals surface area contributed by atoms with Crippen molar-refractivity contribution in [2.45, 2.75) is 31.2 Å². The van der Waals surface area contributed by atoms with Crippen molar-refractivity contribution in [3.8, 4) is 11.1 Å². The monoisotopic (exact) mass is 444 g/mol. The highest BCUT2D eigenvalue weighted by Gasteiger charge is 2.43. The van der Waals surface area contributed by atoms with Crippen LogP contribution in [0.3, 0.4) is 0 Å². The Morgan fingerprint density at radius 2 is 1.71 bits per heavy atom. The van der Waals surface area contributed by atoms with E-state index in [0.29, 0.717) is 5.56 Å². The average molecular weight is 445 g/mol. The highest BCUT2D eigenvalue weighted by Crippen LogP contribution is 2.25. The minimum atomic E-state index is -3.84. The van der Waals surface area contributed by atoms with E-state index in [1.165, 1.54) is 23.0 Å². The number of aryl methyl sites for hydroxylation is 1. The van der Waals surface area contributed by atoms with Gasteiger partial charge in [-0.1, -0.05) is 24.3 Å². The summed E-state index contributed by atoms with van der Waals surface area (Å²) in [5, 5.41) is 20.1. The van der Waals surface area contributed by atoms with E-state index in [1.54, 1.807) is 12.3 Å². The Morgan fingerprint density at radius 3 is 2.32 bits per heavy atom. The largest absolute Gasteiger partial charge is 0.392 e. The summed E-state index contributed by atoms with van der Waals surface area (Å²) < 4.78 is 23.6. The molecule has 164 valence electrons. The van der Waals surface area contributed by atoms with E-state index < -0.39 is 20.5 Å². The number of hydroxylamine groups is 1. The number of amides is 1. The number of carbonyl (C=O) groups is 1. The average Bonchev–Trinajstić information content (AvgIpc) is 2.75. The van der Waals surface area contributed by atoms with Crippen LogP contribution in [0.15, 0.2) is 59.5 Å². The van der Waals surface area contributed by atoms with Gasteiger partial charge in [-0.2, -0.15) is 0 Å². The zero-order chi connectivity index (χ0) is 22.8. The van der Waals surface area contributed by atoms with Gasteiger partial charge in [-0.15, -0.1) is 0 Å². The van der Waals surface area contributed by atoms with E-state index >= 15 is 0 Å². The van der Waals surface area contributed by atoms with Crippen LogP contribution in [-0.4, -0.2) is 40.2 Å². The standard InChI is InChI=1S/C22H24N2O6S/c1-22(21(27)23-28,31(2,29)30)8-10-24-9-7-19(13-20(24)26)18-6-5-16-11-15(14-25)3-4-17(16)12-18/h3-7,9,11-13,25,28H,8,10,14H2,1-2H3,(H,23,27). The fraction of sp³-hybridized carbons (Fsp3) is 0.273. The fourth-order valence-corrected chi connectivity index (χ4v) is 4.21. The zero-order valence-corrected chi connectivity index (χ0v) is 18.0. The molecule has 8 nitrogen and oxygen atoms in total. The number of nitrogens with one attached hydrogen (secondary N) is 1. The molecule has 0 radical (unpaired) electrons. The summed E-state index contributed by atoms with van der Waals surface area (Å²) >= 11 is 0. The Bertz CT molecular complexity index is 1300. The van der Waals surface area contributed by atoms with Crippen molar-refractivity contribution >= 4 is 26.5 Å². The summed E-state index contributed by atoms with van der Waals surface area (Å²) in [6, 6.07) is 14.6. The zero-order valence-electron chi connectivity index (χ0n) is 17.2. The number of hydrogen-bond donors (Lipinski definition) is 3. The van der Waals surface area contributed by atoms with Crippen molar-refractivity contribution in [3.05, 3.63) is 70.6 Å². The van der Waals surface area contributed by atoms with Crippen molar-refractivity contribution in [3.63, 3.8) is 0 Å². The van der Waals surface area contributed by atoms with Crippen LogP contribution in [0.5, 0.6) is 0 Å². The quantitative estimate of drug-likeness (QED) is 0.377. The Labute approximate surface area is 179 Å². The lowest BCUT2D eigenvalue weighted by molar-refractivity contribution is -0.131. The van der Waals surface area contributed by atoms with Gasteiger partial charge in [0.1, 0.15) is 0 Å². The smallest absolute Gasteiger partial charge is 0.264 e. The first-order chi connectivity index (χ1) is 14.6. The van der Waals surface area contributed by atoms with E-state index in [2.05, 4.69) is 0 Å². The van der Waals surface area contributed by atoms with Gasteiger partial charge < -0.3 is 9.67 Å². The van der Waals surface area contributed by atoms with Crippen molar-refractivity contribution in [2.24, 2.45) is 0 Å². The van der Waals surface area contributed by atoms with Gasteiger partial charge >= 0.3 is 0 Å². The van der Waals surface area contributed by atoms with Crippen LogP contribution in [0.25, 0.3) is 21.9 Å². The number of aliphatic hydroxyl groups is 1. The maximum atomic E-state index is 12.6. The van der Waals surface area contributed by atoms with E-state index in [4.69, 9.17) is 5.21 Å². The Hall–Kier alpha value is -3.01. The first-order valence-corrected chi connectivity index (χ1v) is 11.5. The number of benzene rings is 2. The Kier molecular flexibility index (Phi) is 6.30. The fourth-order valence-electron chi connectivity index (χ4n) is 3.36. The van der Waals surface area contributed by atoms with Crippen LogP contribution in [0.2, 0.25) is 0 Å². The summed E-state index contributed by atoms with van der Waals surface area (Å²) in [4.78, 5) is 24.5. The van der Waals surface area contributed by atoms with Crippen molar-refractivity contribution < 1.29 is 23.5 Å². The Balaban J connectivity index is 1.87. The van der Waals surface area contributed by atoms with Crippen LogP contribution in [0.4, 0.5) is 0 Å². The molecule has 1 atom stereocenters. The molecule has 1 amide bonds. The van der Waals surface area contributed by atoms with E-state index in [-0.39, 0.29) is 25.1 Å². The van der Waals surface area contributed by atoms with E-state index in [0.717, 1.165) is 28.2 Å². The number of aromatic nitrogens is 1. The normalized spacial score (nSPS) is 13.7. The summed E-state index contributed by atoms with van der Waals surface area (Å²) in [6.45, 7) is 1.16. The molecule has 0 bridgehead atoms. The molecule has 0 saturated carbocycles. The highest BCUT2D eigenvalue weighted by atomic mass is 32.2. The van der Waals surface area contributed by atoms with Gasteiger partial charge in [0.2, 0.25) is 0 Å². The van der Waals surface area contributed by atoms with Gasteiger partial charge in [-0.05, 0) is 59.0 Å². The predicted molar refractivity (Wildman–Crippen MR) is 117 cm³/mol. The van der Waals surface area contributed by atoms with Gasteiger partial charge in [-0.3, -0.25) is 14.8 Å². The molecule has 0 spiro atoms. The molecular weight excluding hydrogens is 420 g/mol. The maximum absolute atomic E-state index is 12.6. The molecule has 2 aromatic carbocycles. The summed E-state index contributed by atoms with van der Waals surface area (Å²) in [6.07, 6.45) is 2.29. The summed E-state index contributed by atoms with van der Waals surface area (Å²) in [5.74, 6) is -1.04. The molecule has 9 heteroatoms. The number of pyridine rings is 1. The van der Waals surface area contributed by atoms with Gasteiger partial charge in [-0.25, -0.2) is 13.9 Å². The molecule has 3 aromatic rings. The molecule has 3 rings (SSSR count). The number of sulfone groups is 1. The van der Waals surface area contributed by atoms with Crippen LogP contribution < -0.4 is 11.0 Å². The lowest BCUT2D eigenvalue weighted by Gasteiger charge is -2.25. The minimum absolute atomic E-state index is 0.0161. The number of rotatable bonds is 7. The first kappa shape index (κ1) is 22.7. The second kappa shape index (κ2) is 8.62.